The maximum Gasteiger partial charge on any atom is 0.260 e. The van der Waals surface area contributed by atoms with Gasteiger partial charge >= 0.3 is 0 Å². The van der Waals surface area contributed by atoms with E-state index in [2.05, 4.69) is 39.9 Å². The summed E-state index contributed by atoms with van der Waals surface area (Å²) < 4.78 is 6.26. The van der Waals surface area contributed by atoms with E-state index < -0.39 is 8.32 Å². The van der Waals surface area contributed by atoms with Crippen LogP contribution in [0.4, 0.5) is 5.69 Å². The van der Waals surface area contributed by atoms with Crippen molar-refractivity contribution in [1.29, 1.82) is 5.26 Å². The minimum Gasteiger partial charge on any atom is -0.412 e. The third-order valence-electron chi connectivity index (χ3n) is 5.93. The first-order valence-electron chi connectivity index (χ1n) is 9.88. The molecule has 0 unspecified atom stereocenters. The number of carbonyl (C=O) groups excluding carboxylic acids is 1. The second-order valence-corrected chi connectivity index (χ2v) is 13.7. The molecule has 5 heteroatoms. The number of fused-ring (bicyclic) bond motifs is 1. The lowest BCUT2D eigenvalue weighted by Crippen LogP contribution is -2.41. The number of hydrogen-bond acceptors (Lipinski definition) is 3. The summed E-state index contributed by atoms with van der Waals surface area (Å²) in [6, 6.07) is 19.8. The molecule has 0 N–H and O–H groups in total. The normalized spacial score (nSPS) is 15.9. The largest absolute Gasteiger partial charge is 0.412 e. The molecule has 1 amide bonds. The van der Waals surface area contributed by atoms with E-state index in [0.717, 1.165) is 16.8 Å². The number of benzene rings is 2. The molecule has 1 aliphatic rings. The summed E-state index contributed by atoms with van der Waals surface area (Å²) in [6.45, 7) is 11.4. The molecular weight excluding hydrogens is 376 g/mol. The molecule has 3 rings (SSSR count). The quantitative estimate of drug-likeness (QED) is 0.374. The van der Waals surface area contributed by atoms with Crippen LogP contribution in [0.3, 0.4) is 0 Å². The fourth-order valence-corrected chi connectivity index (χ4v) is 4.06. The van der Waals surface area contributed by atoms with Gasteiger partial charge in [-0.15, -0.1) is 0 Å². The van der Waals surface area contributed by atoms with E-state index in [9.17, 15) is 10.1 Å². The first kappa shape index (κ1) is 21.0. The van der Waals surface area contributed by atoms with Gasteiger partial charge in [0.05, 0.1) is 36.1 Å². The van der Waals surface area contributed by atoms with E-state index in [1.807, 2.05) is 54.6 Å². The molecule has 0 aliphatic carbocycles. The van der Waals surface area contributed by atoms with Gasteiger partial charge in [0.2, 0.25) is 0 Å². The van der Waals surface area contributed by atoms with Gasteiger partial charge in [-0.25, -0.2) is 0 Å². The lowest BCUT2D eigenvalue weighted by atomic mass is 10.0. The second-order valence-electron chi connectivity index (χ2n) is 8.91. The van der Waals surface area contributed by atoms with E-state index in [0.29, 0.717) is 17.7 Å². The Hall–Kier alpha value is -2.68. The molecule has 1 heterocycles. The van der Waals surface area contributed by atoms with E-state index in [4.69, 9.17) is 4.43 Å². The van der Waals surface area contributed by atoms with Crippen LogP contribution >= 0.6 is 0 Å². The summed E-state index contributed by atoms with van der Waals surface area (Å²) in [5.74, 6) is -0.134. The summed E-state index contributed by atoms with van der Waals surface area (Å²) in [5, 5.41) is 9.90. The molecule has 0 fully saturated rings. The van der Waals surface area contributed by atoms with E-state index in [1.165, 1.54) is 0 Å². The number of amides is 1. The molecular formula is C24H28N2O2Si. The first-order valence-corrected chi connectivity index (χ1v) is 12.8. The third kappa shape index (κ3) is 4.19. The fraction of sp³-hybridized carbons (Fsp3) is 0.333. The van der Waals surface area contributed by atoms with Crippen molar-refractivity contribution >= 4 is 25.5 Å². The molecule has 4 nitrogen and oxygen atoms in total. The highest BCUT2D eigenvalue weighted by Crippen LogP contribution is 2.40. The molecule has 29 heavy (non-hydrogen) atoms. The minimum atomic E-state index is -2.04. The Labute approximate surface area is 174 Å². The predicted octanol–water partition coefficient (Wildman–Crippen LogP) is 5.53. The first-order chi connectivity index (χ1) is 13.7. The number of carbonyl (C=O) groups is 1. The zero-order chi connectivity index (χ0) is 21.2. The zero-order valence-electron chi connectivity index (χ0n) is 17.8. The van der Waals surface area contributed by atoms with Gasteiger partial charge in [0.1, 0.15) is 0 Å². The molecule has 2 aromatic carbocycles. The van der Waals surface area contributed by atoms with Gasteiger partial charge < -0.3 is 9.33 Å². The van der Waals surface area contributed by atoms with Crippen LogP contribution in [-0.2, 0) is 15.8 Å². The molecule has 0 bridgehead atoms. The Morgan fingerprint density at radius 1 is 1.07 bits per heavy atom. The molecule has 0 atom stereocenters. The highest BCUT2D eigenvalue weighted by Gasteiger charge is 2.39. The standard InChI is InChI=1S/C24H28N2O2Si/c1-24(2,3)29(4,5)28-17-19(15-25)22-20-13-9-10-14-21(20)26(23(22)27)16-18-11-7-6-8-12-18/h6-14H,16-17H2,1-5H3/b22-19+. The number of anilines is 1. The Bertz CT molecular complexity index is 982. The molecule has 1 aliphatic heterocycles. The maximum absolute atomic E-state index is 13.4. The van der Waals surface area contributed by atoms with Crippen LogP contribution in [0.15, 0.2) is 60.2 Å². The van der Waals surface area contributed by atoms with E-state index in [-0.39, 0.29) is 17.6 Å². The van der Waals surface area contributed by atoms with E-state index in [1.54, 1.807) is 4.90 Å². The Morgan fingerprint density at radius 2 is 1.69 bits per heavy atom. The number of hydrogen-bond donors (Lipinski definition) is 0. The third-order valence-corrected chi connectivity index (χ3v) is 10.4. The summed E-state index contributed by atoms with van der Waals surface area (Å²) in [5.41, 5.74) is 3.58. The van der Waals surface area contributed by atoms with Gasteiger partial charge in [0.15, 0.2) is 8.32 Å². The monoisotopic (exact) mass is 404 g/mol. The summed E-state index contributed by atoms with van der Waals surface area (Å²) in [4.78, 5) is 15.1. The molecule has 0 radical (unpaired) electrons. The van der Waals surface area contributed by atoms with E-state index >= 15 is 0 Å². The lowest BCUT2D eigenvalue weighted by molar-refractivity contribution is -0.113. The van der Waals surface area contributed by atoms with Crippen LogP contribution in [-0.4, -0.2) is 20.8 Å². The second kappa shape index (κ2) is 7.98. The highest BCUT2D eigenvalue weighted by atomic mass is 28.4. The molecule has 0 spiro atoms. The van der Waals surface area contributed by atoms with Crippen molar-refractivity contribution < 1.29 is 9.22 Å². The fourth-order valence-electron chi connectivity index (χ4n) is 3.12. The SMILES string of the molecule is CC(C)(C)[Si](C)(C)OC/C(C#N)=C1/C(=O)N(Cc2ccccc2)c2ccccc21. The smallest absolute Gasteiger partial charge is 0.260 e. The Balaban J connectivity index is 1.97. The van der Waals surface area contributed by atoms with Crippen molar-refractivity contribution in [3.8, 4) is 6.07 Å². The highest BCUT2D eigenvalue weighted by molar-refractivity contribution is 6.74. The van der Waals surface area contributed by atoms with Crippen molar-refractivity contribution in [2.75, 3.05) is 11.5 Å². The molecule has 0 saturated carbocycles. The van der Waals surface area contributed by atoms with Crippen molar-refractivity contribution in [3.05, 3.63) is 71.3 Å². The van der Waals surface area contributed by atoms with Gasteiger partial charge in [-0.2, -0.15) is 5.26 Å². The van der Waals surface area contributed by atoms with Gasteiger partial charge in [-0.1, -0.05) is 69.3 Å². The van der Waals surface area contributed by atoms with Crippen LogP contribution < -0.4 is 4.90 Å². The van der Waals surface area contributed by atoms with Crippen LogP contribution in [0, 0.1) is 11.3 Å². The van der Waals surface area contributed by atoms with Crippen molar-refractivity contribution in [3.63, 3.8) is 0 Å². The summed E-state index contributed by atoms with van der Waals surface area (Å²) in [7, 11) is -2.04. The average Bonchev–Trinajstić information content (AvgIpc) is 2.95. The van der Waals surface area contributed by atoms with Gasteiger partial charge in [0.25, 0.3) is 5.91 Å². The molecule has 150 valence electrons. The van der Waals surface area contributed by atoms with Gasteiger partial charge in [-0.05, 0) is 29.8 Å². The van der Waals surface area contributed by atoms with Crippen LogP contribution in [0.25, 0.3) is 5.57 Å². The number of nitrogens with zero attached hydrogens (tertiary/aromatic N) is 2. The number of rotatable bonds is 5. The average molecular weight is 405 g/mol. The minimum absolute atomic E-state index is 0.0369. The van der Waals surface area contributed by atoms with Gasteiger partial charge in [0, 0.05) is 5.56 Å². The zero-order valence-corrected chi connectivity index (χ0v) is 18.8. The van der Waals surface area contributed by atoms with Crippen molar-refractivity contribution in [2.24, 2.45) is 0 Å². The number of nitriles is 1. The maximum atomic E-state index is 13.4. The van der Waals surface area contributed by atoms with Crippen molar-refractivity contribution in [2.45, 2.75) is 45.4 Å². The van der Waals surface area contributed by atoms with Crippen LogP contribution in [0.2, 0.25) is 18.1 Å². The number of para-hydroxylation sites is 1. The van der Waals surface area contributed by atoms with Crippen LogP contribution in [0.1, 0.15) is 31.9 Å². The topological polar surface area (TPSA) is 53.3 Å². The molecule has 2 aromatic rings. The molecule has 0 saturated heterocycles. The predicted molar refractivity (Wildman–Crippen MR) is 120 cm³/mol. The Kier molecular flexibility index (Phi) is 5.79. The van der Waals surface area contributed by atoms with Crippen LogP contribution in [0.5, 0.6) is 0 Å². The Morgan fingerprint density at radius 3 is 2.31 bits per heavy atom. The van der Waals surface area contributed by atoms with Crippen molar-refractivity contribution in [1.82, 2.24) is 0 Å². The summed E-state index contributed by atoms with van der Waals surface area (Å²) >= 11 is 0. The lowest BCUT2D eigenvalue weighted by Gasteiger charge is -2.36. The summed E-state index contributed by atoms with van der Waals surface area (Å²) in [6.07, 6.45) is 0. The van der Waals surface area contributed by atoms with Gasteiger partial charge in [-0.3, -0.25) is 4.79 Å². The molecule has 0 aromatic heterocycles.